The second-order valence-corrected chi connectivity index (χ2v) is 5.87. The Morgan fingerprint density at radius 2 is 2.17 bits per heavy atom. The molecule has 1 aromatic rings. The summed E-state index contributed by atoms with van der Waals surface area (Å²) < 4.78 is 0. The minimum atomic E-state index is 0.424. The van der Waals surface area contributed by atoms with Crippen molar-refractivity contribution >= 4 is 0 Å². The highest BCUT2D eigenvalue weighted by Crippen LogP contribution is 2.36. The van der Waals surface area contributed by atoms with E-state index in [1.165, 1.54) is 49.9 Å². The highest BCUT2D eigenvalue weighted by molar-refractivity contribution is 5.37. The van der Waals surface area contributed by atoms with Crippen molar-refractivity contribution in [2.75, 3.05) is 13.1 Å². The molecule has 1 N–H and O–H groups in total. The lowest BCUT2D eigenvalue weighted by Crippen LogP contribution is -2.49. The molecule has 1 heterocycles. The van der Waals surface area contributed by atoms with Crippen molar-refractivity contribution in [3.05, 3.63) is 29.3 Å². The Kier molecular flexibility index (Phi) is 3.29. The van der Waals surface area contributed by atoms with E-state index in [-0.39, 0.29) is 0 Å². The smallest absolute Gasteiger partial charge is 0.115 e. The largest absolute Gasteiger partial charge is 0.508 e. The SMILES string of the molecule is CCCN1CCC[C@@H]2Cc3cc(O)ccc3C[C@H]21. The van der Waals surface area contributed by atoms with E-state index in [1.807, 2.05) is 12.1 Å². The van der Waals surface area contributed by atoms with Gasteiger partial charge >= 0.3 is 0 Å². The molecule has 3 rings (SSSR count). The zero-order valence-corrected chi connectivity index (χ0v) is 11.2. The van der Waals surface area contributed by atoms with E-state index < -0.39 is 0 Å². The second kappa shape index (κ2) is 4.93. The van der Waals surface area contributed by atoms with Gasteiger partial charge < -0.3 is 5.11 Å². The number of piperidine rings is 1. The molecule has 1 aliphatic carbocycles. The third-order valence-corrected chi connectivity index (χ3v) is 4.65. The van der Waals surface area contributed by atoms with Gasteiger partial charge in [-0.3, -0.25) is 4.90 Å². The zero-order valence-electron chi connectivity index (χ0n) is 11.2. The van der Waals surface area contributed by atoms with E-state index in [0.717, 1.165) is 18.4 Å². The van der Waals surface area contributed by atoms with Gasteiger partial charge in [-0.05, 0) is 74.4 Å². The van der Waals surface area contributed by atoms with Crippen molar-refractivity contribution < 1.29 is 5.11 Å². The van der Waals surface area contributed by atoms with Gasteiger partial charge in [0.1, 0.15) is 5.75 Å². The lowest BCUT2D eigenvalue weighted by Gasteiger charge is -2.44. The van der Waals surface area contributed by atoms with Crippen LogP contribution in [-0.2, 0) is 12.8 Å². The molecule has 0 bridgehead atoms. The van der Waals surface area contributed by atoms with Crippen molar-refractivity contribution in [1.29, 1.82) is 0 Å². The van der Waals surface area contributed by atoms with Gasteiger partial charge in [0.2, 0.25) is 0 Å². The maximum Gasteiger partial charge on any atom is 0.115 e. The number of hydrogen-bond acceptors (Lipinski definition) is 2. The number of hydrogen-bond donors (Lipinski definition) is 1. The molecular weight excluding hydrogens is 222 g/mol. The molecule has 2 heteroatoms. The topological polar surface area (TPSA) is 23.5 Å². The van der Waals surface area contributed by atoms with Crippen molar-refractivity contribution in [2.45, 2.75) is 45.1 Å². The van der Waals surface area contributed by atoms with Crippen LogP contribution in [0.5, 0.6) is 5.75 Å². The summed E-state index contributed by atoms with van der Waals surface area (Å²) in [5.41, 5.74) is 2.84. The quantitative estimate of drug-likeness (QED) is 0.866. The van der Waals surface area contributed by atoms with Gasteiger partial charge in [-0.15, -0.1) is 0 Å². The summed E-state index contributed by atoms with van der Waals surface area (Å²) in [6, 6.07) is 6.69. The number of rotatable bonds is 2. The Labute approximate surface area is 110 Å². The summed E-state index contributed by atoms with van der Waals surface area (Å²) in [6.45, 7) is 4.80. The predicted molar refractivity (Wildman–Crippen MR) is 73.9 cm³/mol. The minimum Gasteiger partial charge on any atom is -0.508 e. The first-order valence-electron chi connectivity index (χ1n) is 7.32. The van der Waals surface area contributed by atoms with Crippen LogP contribution in [0.1, 0.15) is 37.3 Å². The molecule has 1 aliphatic heterocycles. The highest BCUT2D eigenvalue weighted by atomic mass is 16.3. The molecule has 18 heavy (non-hydrogen) atoms. The molecule has 0 amide bonds. The van der Waals surface area contributed by atoms with Crippen LogP contribution in [0.3, 0.4) is 0 Å². The molecular formula is C16H23NO. The summed E-state index contributed by atoms with van der Waals surface area (Å²) in [5.74, 6) is 1.23. The van der Waals surface area contributed by atoms with Gasteiger partial charge in [-0.2, -0.15) is 0 Å². The number of fused-ring (bicyclic) bond motifs is 2. The molecule has 0 spiro atoms. The van der Waals surface area contributed by atoms with E-state index in [1.54, 1.807) is 0 Å². The number of phenolic OH excluding ortho intramolecular Hbond substituents is 1. The molecule has 0 radical (unpaired) electrons. The van der Waals surface area contributed by atoms with Crippen LogP contribution in [0.4, 0.5) is 0 Å². The lowest BCUT2D eigenvalue weighted by atomic mass is 9.75. The molecule has 2 atom stereocenters. The van der Waals surface area contributed by atoms with Crippen molar-refractivity contribution in [2.24, 2.45) is 5.92 Å². The van der Waals surface area contributed by atoms with Crippen LogP contribution in [-0.4, -0.2) is 29.1 Å². The molecule has 98 valence electrons. The second-order valence-electron chi connectivity index (χ2n) is 5.87. The maximum atomic E-state index is 9.61. The van der Waals surface area contributed by atoms with Gasteiger partial charge in [0.15, 0.2) is 0 Å². The number of nitrogens with zero attached hydrogens (tertiary/aromatic N) is 1. The van der Waals surface area contributed by atoms with Crippen LogP contribution >= 0.6 is 0 Å². The predicted octanol–water partition coefficient (Wildman–Crippen LogP) is 2.98. The van der Waals surface area contributed by atoms with Crippen LogP contribution in [0, 0.1) is 5.92 Å². The minimum absolute atomic E-state index is 0.424. The standard InChI is InChI=1S/C16H23NO/c1-2-7-17-8-3-4-13-9-14-10-15(18)6-5-12(14)11-16(13)17/h5-6,10,13,16,18H,2-4,7-9,11H2,1H3/t13-,16-/m1/s1. The molecule has 1 fully saturated rings. The van der Waals surface area contributed by atoms with Gasteiger partial charge in [0.25, 0.3) is 0 Å². The Balaban J connectivity index is 1.85. The first kappa shape index (κ1) is 12.0. The first-order valence-corrected chi connectivity index (χ1v) is 7.32. The van der Waals surface area contributed by atoms with Crippen LogP contribution in [0.2, 0.25) is 0 Å². The Morgan fingerprint density at radius 3 is 3.00 bits per heavy atom. The number of aromatic hydroxyl groups is 1. The number of phenols is 1. The monoisotopic (exact) mass is 245 g/mol. The number of benzene rings is 1. The van der Waals surface area contributed by atoms with Crippen molar-refractivity contribution in [3.63, 3.8) is 0 Å². The summed E-state index contributed by atoms with van der Waals surface area (Å²) in [7, 11) is 0. The van der Waals surface area contributed by atoms with Crippen molar-refractivity contribution in [3.8, 4) is 5.75 Å². The van der Waals surface area contributed by atoms with E-state index in [9.17, 15) is 5.11 Å². The lowest BCUT2D eigenvalue weighted by molar-refractivity contribution is 0.0854. The van der Waals surface area contributed by atoms with Crippen LogP contribution in [0.15, 0.2) is 18.2 Å². The zero-order chi connectivity index (χ0) is 12.5. The summed E-state index contributed by atoms with van der Waals surface area (Å²) in [5, 5.41) is 9.61. The Hall–Kier alpha value is -1.02. The molecule has 2 nitrogen and oxygen atoms in total. The van der Waals surface area contributed by atoms with E-state index >= 15 is 0 Å². The summed E-state index contributed by atoms with van der Waals surface area (Å²) in [6.07, 6.45) is 6.30. The van der Waals surface area contributed by atoms with Gasteiger partial charge in [0.05, 0.1) is 0 Å². The normalized spacial score (nSPS) is 27.6. The van der Waals surface area contributed by atoms with Crippen LogP contribution in [0.25, 0.3) is 0 Å². The molecule has 1 saturated heterocycles. The molecule has 0 saturated carbocycles. The first-order chi connectivity index (χ1) is 8.78. The van der Waals surface area contributed by atoms with Gasteiger partial charge in [-0.25, -0.2) is 0 Å². The maximum absolute atomic E-state index is 9.61. The third kappa shape index (κ3) is 2.14. The Bertz CT molecular complexity index is 427. The Morgan fingerprint density at radius 1 is 1.28 bits per heavy atom. The molecule has 2 aliphatic rings. The van der Waals surface area contributed by atoms with Crippen molar-refractivity contribution in [1.82, 2.24) is 4.90 Å². The molecule has 0 aromatic heterocycles. The van der Waals surface area contributed by atoms with E-state index in [0.29, 0.717) is 5.75 Å². The molecule has 1 aromatic carbocycles. The van der Waals surface area contributed by atoms with E-state index in [2.05, 4.69) is 17.9 Å². The van der Waals surface area contributed by atoms with Gasteiger partial charge in [-0.1, -0.05) is 13.0 Å². The highest BCUT2D eigenvalue weighted by Gasteiger charge is 2.34. The average molecular weight is 245 g/mol. The summed E-state index contributed by atoms with van der Waals surface area (Å²) in [4.78, 5) is 2.70. The van der Waals surface area contributed by atoms with Crippen LogP contribution < -0.4 is 0 Å². The van der Waals surface area contributed by atoms with E-state index in [4.69, 9.17) is 0 Å². The number of likely N-dealkylation sites (tertiary alicyclic amines) is 1. The summed E-state index contributed by atoms with van der Waals surface area (Å²) >= 11 is 0. The fourth-order valence-electron chi connectivity index (χ4n) is 3.82. The third-order valence-electron chi connectivity index (χ3n) is 4.65. The van der Waals surface area contributed by atoms with Gasteiger partial charge in [0, 0.05) is 6.04 Å². The fourth-order valence-corrected chi connectivity index (χ4v) is 3.82. The average Bonchev–Trinajstić information content (AvgIpc) is 2.37. The molecule has 0 unspecified atom stereocenters. The fraction of sp³-hybridized carbons (Fsp3) is 0.625.